The van der Waals surface area contributed by atoms with E-state index in [-0.39, 0.29) is 19.0 Å². The van der Waals surface area contributed by atoms with Gasteiger partial charge in [-0.05, 0) is 44.2 Å². The third kappa shape index (κ3) is 5.48. The van der Waals surface area contributed by atoms with Crippen LogP contribution in [0.25, 0.3) is 0 Å². The molecule has 184 valence electrons. The maximum Gasteiger partial charge on any atom is 0.344 e. The molecule has 3 N–H and O–H groups in total. The molecule has 0 bridgehead atoms. The second-order valence-electron chi connectivity index (χ2n) is 9.12. The number of ether oxygens (including phenoxy) is 1. The molecule has 4 rings (SSSR count). The lowest BCUT2D eigenvalue weighted by molar-refractivity contribution is -0.140. The van der Waals surface area contributed by atoms with Crippen molar-refractivity contribution in [3.8, 4) is 0 Å². The van der Waals surface area contributed by atoms with Crippen LogP contribution in [0.15, 0.2) is 24.3 Å². The fourth-order valence-corrected chi connectivity index (χ4v) is 4.70. The van der Waals surface area contributed by atoms with Crippen molar-refractivity contribution < 1.29 is 23.9 Å². The summed E-state index contributed by atoms with van der Waals surface area (Å²) in [6.45, 7) is 2.91. The number of likely N-dealkylation sites (N-methyl/N-ethyl adjacent to an activating group) is 1. The molecule has 0 atom stereocenters. The van der Waals surface area contributed by atoms with Crippen LogP contribution in [-0.4, -0.2) is 85.6 Å². The van der Waals surface area contributed by atoms with E-state index >= 15 is 0 Å². The minimum absolute atomic E-state index is 0.0251. The van der Waals surface area contributed by atoms with Crippen LogP contribution in [-0.2, 0) is 19.1 Å². The zero-order valence-electron chi connectivity index (χ0n) is 19.5. The van der Waals surface area contributed by atoms with Crippen LogP contribution in [0.4, 0.5) is 16.2 Å². The summed E-state index contributed by atoms with van der Waals surface area (Å²) in [6, 6.07) is 6.98. The van der Waals surface area contributed by atoms with Gasteiger partial charge in [-0.3, -0.25) is 24.7 Å². The normalized spacial score (nSPS) is 19.9. The van der Waals surface area contributed by atoms with E-state index in [1.807, 2.05) is 24.3 Å². The predicted octanol–water partition coefficient (Wildman–Crippen LogP) is 0.679. The van der Waals surface area contributed by atoms with Crippen LogP contribution in [0.2, 0.25) is 0 Å². The Bertz CT molecular complexity index is 924. The summed E-state index contributed by atoms with van der Waals surface area (Å²) in [7, 11) is 1.62. The Morgan fingerprint density at radius 3 is 2.35 bits per heavy atom. The minimum Gasteiger partial charge on any atom is -0.378 e. The van der Waals surface area contributed by atoms with Crippen molar-refractivity contribution in [2.24, 2.45) is 0 Å². The van der Waals surface area contributed by atoms with Gasteiger partial charge in [-0.25, -0.2) is 4.79 Å². The van der Waals surface area contributed by atoms with Crippen LogP contribution < -0.4 is 21.0 Å². The number of carbonyl (C=O) groups excluding carboxylic acids is 4. The summed E-state index contributed by atoms with van der Waals surface area (Å²) >= 11 is 0. The third-order valence-electron chi connectivity index (χ3n) is 6.46. The van der Waals surface area contributed by atoms with Crippen LogP contribution in [0.3, 0.4) is 0 Å². The molecule has 0 aromatic heterocycles. The molecule has 34 heavy (non-hydrogen) atoms. The summed E-state index contributed by atoms with van der Waals surface area (Å²) in [5.74, 6) is -1.22. The van der Waals surface area contributed by atoms with Gasteiger partial charge in [0.1, 0.15) is 5.54 Å². The molecular formula is C23H32N6O5. The van der Waals surface area contributed by atoms with Gasteiger partial charge in [-0.1, -0.05) is 19.3 Å². The SMILES string of the molecule is CN(CC(=O)Nc1ccc(N2CCOCC2)cc1)CC(=O)NN1C(=O)NC2(CCCCC2)C1=O. The van der Waals surface area contributed by atoms with Crippen LogP contribution in [0.1, 0.15) is 32.1 Å². The topological polar surface area (TPSA) is 123 Å². The highest BCUT2D eigenvalue weighted by Gasteiger charge is 2.52. The number of nitrogens with zero attached hydrogens (tertiary/aromatic N) is 3. The highest BCUT2D eigenvalue weighted by Crippen LogP contribution is 2.33. The van der Waals surface area contributed by atoms with Crippen LogP contribution in [0.5, 0.6) is 0 Å². The Labute approximate surface area is 198 Å². The first-order valence-electron chi connectivity index (χ1n) is 11.7. The molecule has 3 aliphatic rings. The average Bonchev–Trinajstić information content (AvgIpc) is 3.04. The molecule has 11 heteroatoms. The Balaban J connectivity index is 1.22. The van der Waals surface area contributed by atoms with Crippen molar-refractivity contribution >= 4 is 35.1 Å². The molecule has 1 aromatic rings. The summed E-state index contributed by atoms with van der Waals surface area (Å²) in [4.78, 5) is 53.6. The number of amides is 5. The standard InChI is InChI=1S/C23H32N6O5/c1-27(15-19(30)24-17-5-7-18(8-6-17)28-11-13-34-14-12-28)16-20(31)26-29-21(32)23(25-22(29)33)9-3-2-4-10-23/h5-8H,2-4,9-16H2,1H3,(H,24,30)(H,25,33)(H,26,31). The smallest absolute Gasteiger partial charge is 0.344 e. The molecule has 1 aliphatic carbocycles. The zero-order valence-corrected chi connectivity index (χ0v) is 19.5. The summed E-state index contributed by atoms with van der Waals surface area (Å²) in [6.07, 6.45) is 3.92. The van der Waals surface area contributed by atoms with Gasteiger partial charge >= 0.3 is 6.03 Å². The number of nitrogens with one attached hydrogen (secondary N) is 3. The van der Waals surface area contributed by atoms with E-state index in [2.05, 4.69) is 21.0 Å². The number of urea groups is 1. The maximum absolute atomic E-state index is 12.8. The number of hydrazine groups is 1. The molecule has 11 nitrogen and oxygen atoms in total. The van der Waals surface area contributed by atoms with Gasteiger partial charge in [-0.2, -0.15) is 5.01 Å². The molecular weight excluding hydrogens is 440 g/mol. The molecule has 2 saturated heterocycles. The lowest BCUT2D eigenvalue weighted by Gasteiger charge is -2.30. The van der Waals surface area contributed by atoms with Gasteiger partial charge in [0.2, 0.25) is 5.91 Å². The Morgan fingerprint density at radius 1 is 1.03 bits per heavy atom. The molecule has 1 spiro atoms. The third-order valence-corrected chi connectivity index (χ3v) is 6.46. The number of hydrogen-bond donors (Lipinski definition) is 3. The first-order valence-corrected chi connectivity index (χ1v) is 11.7. The first kappa shape index (κ1) is 24.0. The molecule has 1 aromatic carbocycles. The fraction of sp³-hybridized carbons (Fsp3) is 0.565. The van der Waals surface area contributed by atoms with Gasteiger partial charge in [0, 0.05) is 24.5 Å². The highest BCUT2D eigenvalue weighted by molar-refractivity contribution is 6.08. The Morgan fingerprint density at radius 2 is 1.68 bits per heavy atom. The summed E-state index contributed by atoms with van der Waals surface area (Å²) in [5.41, 5.74) is 3.23. The number of anilines is 2. The minimum atomic E-state index is -0.897. The van der Waals surface area contributed by atoms with E-state index in [9.17, 15) is 19.2 Å². The fourth-order valence-electron chi connectivity index (χ4n) is 4.70. The monoisotopic (exact) mass is 472 g/mol. The average molecular weight is 473 g/mol. The van der Waals surface area contributed by atoms with E-state index in [0.29, 0.717) is 31.7 Å². The molecule has 3 fully saturated rings. The molecule has 2 heterocycles. The lowest BCUT2D eigenvalue weighted by Crippen LogP contribution is -2.52. The van der Waals surface area contributed by atoms with Crippen LogP contribution in [0, 0.1) is 0 Å². The number of benzene rings is 1. The quantitative estimate of drug-likeness (QED) is 0.499. The zero-order chi connectivity index (χ0) is 24.1. The van der Waals surface area contributed by atoms with Crippen LogP contribution >= 0.6 is 0 Å². The lowest BCUT2D eigenvalue weighted by atomic mass is 9.82. The van der Waals surface area contributed by atoms with E-state index in [4.69, 9.17) is 4.74 Å². The van der Waals surface area contributed by atoms with Crippen molar-refractivity contribution in [3.05, 3.63) is 24.3 Å². The van der Waals surface area contributed by atoms with Crippen molar-refractivity contribution in [1.82, 2.24) is 20.7 Å². The van der Waals surface area contributed by atoms with E-state index < -0.39 is 23.4 Å². The Kier molecular flexibility index (Phi) is 7.32. The maximum atomic E-state index is 12.8. The second kappa shape index (κ2) is 10.4. The van der Waals surface area contributed by atoms with E-state index in [1.54, 1.807) is 7.05 Å². The molecule has 1 saturated carbocycles. The van der Waals surface area contributed by atoms with Crippen molar-refractivity contribution in [2.45, 2.75) is 37.6 Å². The molecule has 0 unspecified atom stereocenters. The summed E-state index contributed by atoms with van der Waals surface area (Å²) in [5, 5.41) is 6.34. The van der Waals surface area contributed by atoms with Crippen molar-refractivity contribution in [1.29, 1.82) is 0 Å². The Hall–Kier alpha value is -3.18. The van der Waals surface area contributed by atoms with E-state index in [1.165, 1.54) is 4.90 Å². The largest absolute Gasteiger partial charge is 0.378 e. The van der Waals surface area contributed by atoms with Gasteiger partial charge in [0.15, 0.2) is 0 Å². The van der Waals surface area contributed by atoms with Gasteiger partial charge < -0.3 is 20.3 Å². The molecule has 5 amide bonds. The van der Waals surface area contributed by atoms with Crippen molar-refractivity contribution in [3.63, 3.8) is 0 Å². The first-order chi connectivity index (χ1) is 16.4. The van der Waals surface area contributed by atoms with Gasteiger partial charge in [0.25, 0.3) is 11.8 Å². The van der Waals surface area contributed by atoms with Gasteiger partial charge in [0.05, 0.1) is 26.3 Å². The van der Waals surface area contributed by atoms with Crippen molar-refractivity contribution in [2.75, 3.05) is 56.7 Å². The highest BCUT2D eigenvalue weighted by atomic mass is 16.5. The number of rotatable bonds is 7. The molecule has 2 aliphatic heterocycles. The number of carbonyl (C=O) groups is 4. The number of imide groups is 1. The molecule has 0 radical (unpaired) electrons. The summed E-state index contributed by atoms with van der Waals surface area (Å²) < 4.78 is 5.36. The number of hydrogen-bond acceptors (Lipinski definition) is 7. The number of morpholine rings is 1. The van der Waals surface area contributed by atoms with Gasteiger partial charge in [-0.15, -0.1) is 0 Å². The second-order valence-corrected chi connectivity index (χ2v) is 9.12. The predicted molar refractivity (Wildman–Crippen MR) is 125 cm³/mol. The van der Waals surface area contributed by atoms with E-state index in [0.717, 1.165) is 43.0 Å².